The number of aromatic nitrogens is 1. The summed E-state index contributed by atoms with van der Waals surface area (Å²) in [6.07, 6.45) is -2.94. The van der Waals surface area contributed by atoms with E-state index in [0.717, 1.165) is 12.3 Å². The van der Waals surface area contributed by atoms with Gasteiger partial charge in [0.05, 0.1) is 17.2 Å². The molecule has 1 aliphatic heterocycles. The van der Waals surface area contributed by atoms with Gasteiger partial charge in [0.2, 0.25) is 0 Å². The van der Waals surface area contributed by atoms with Crippen LogP contribution >= 0.6 is 0 Å². The predicted octanol–water partition coefficient (Wildman–Crippen LogP) is 2.98. The molecule has 1 N–H and O–H groups in total. The number of halogens is 3. The Bertz CT molecular complexity index is 843. The summed E-state index contributed by atoms with van der Waals surface area (Å²) in [6.45, 7) is 1.05. The summed E-state index contributed by atoms with van der Waals surface area (Å²) in [5.41, 5.74) is 0.0116. The van der Waals surface area contributed by atoms with Crippen molar-refractivity contribution in [2.24, 2.45) is 0 Å². The topological polar surface area (TPSA) is 69.0 Å². The Morgan fingerprint density at radius 2 is 2.12 bits per heavy atom. The van der Waals surface area contributed by atoms with Gasteiger partial charge in [-0.15, -0.1) is 0 Å². The molecular weight excluding hydrogens is 345 g/mol. The highest BCUT2D eigenvalue weighted by atomic mass is 19.4. The van der Waals surface area contributed by atoms with Crippen molar-refractivity contribution in [3.8, 4) is 6.07 Å². The second kappa shape index (κ2) is 7.04. The fraction of sp³-hybridized carbons (Fsp3) is 0.278. The highest BCUT2D eigenvalue weighted by Crippen LogP contribution is 2.29. The number of pyridine rings is 1. The van der Waals surface area contributed by atoms with E-state index in [0.29, 0.717) is 36.5 Å². The van der Waals surface area contributed by atoms with Gasteiger partial charge in [-0.1, -0.05) is 6.07 Å². The van der Waals surface area contributed by atoms with Crippen molar-refractivity contribution in [3.05, 3.63) is 59.3 Å². The molecule has 1 amide bonds. The molecular formula is C18H15F3N4O. The first-order valence-corrected chi connectivity index (χ1v) is 7.96. The second-order valence-corrected chi connectivity index (χ2v) is 6.00. The van der Waals surface area contributed by atoms with Gasteiger partial charge >= 0.3 is 6.18 Å². The number of nitrogens with zero attached hydrogens (tertiary/aromatic N) is 3. The molecule has 0 saturated carbocycles. The van der Waals surface area contributed by atoms with Crippen LogP contribution in [0.3, 0.4) is 0 Å². The number of anilines is 1. The van der Waals surface area contributed by atoms with Gasteiger partial charge in [0.15, 0.2) is 0 Å². The predicted molar refractivity (Wildman–Crippen MR) is 88.5 cm³/mol. The number of alkyl halides is 3. The highest BCUT2D eigenvalue weighted by Gasteiger charge is 2.31. The maximum absolute atomic E-state index is 12.6. The summed E-state index contributed by atoms with van der Waals surface area (Å²) >= 11 is 0. The minimum absolute atomic E-state index is 0.141. The molecule has 26 heavy (non-hydrogen) atoms. The van der Waals surface area contributed by atoms with Crippen molar-refractivity contribution in [1.29, 1.82) is 5.26 Å². The summed E-state index contributed by atoms with van der Waals surface area (Å²) in [5, 5.41) is 11.8. The average Bonchev–Trinajstić information content (AvgIpc) is 3.09. The van der Waals surface area contributed by atoms with Crippen LogP contribution in [0.5, 0.6) is 0 Å². The largest absolute Gasteiger partial charge is 0.417 e. The van der Waals surface area contributed by atoms with Crippen LogP contribution in [-0.4, -0.2) is 30.0 Å². The van der Waals surface area contributed by atoms with E-state index >= 15 is 0 Å². The molecule has 1 fully saturated rings. The quantitative estimate of drug-likeness (QED) is 0.914. The first kappa shape index (κ1) is 17.7. The smallest absolute Gasteiger partial charge is 0.354 e. The van der Waals surface area contributed by atoms with E-state index in [4.69, 9.17) is 5.26 Å². The fourth-order valence-electron chi connectivity index (χ4n) is 2.83. The van der Waals surface area contributed by atoms with Crippen molar-refractivity contribution in [2.75, 3.05) is 18.0 Å². The van der Waals surface area contributed by atoms with Crippen molar-refractivity contribution in [1.82, 2.24) is 10.3 Å². The molecule has 1 aromatic heterocycles. The zero-order chi connectivity index (χ0) is 18.7. The van der Waals surface area contributed by atoms with Gasteiger partial charge in [-0.3, -0.25) is 4.79 Å². The Labute approximate surface area is 148 Å². The molecule has 2 aromatic rings. The summed E-state index contributed by atoms with van der Waals surface area (Å²) in [4.78, 5) is 18.0. The van der Waals surface area contributed by atoms with E-state index in [1.807, 2.05) is 11.0 Å². The first-order valence-electron chi connectivity index (χ1n) is 7.96. The Morgan fingerprint density at radius 1 is 1.31 bits per heavy atom. The highest BCUT2D eigenvalue weighted by molar-refractivity contribution is 5.94. The molecule has 1 aromatic carbocycles. The summed E-state index contributed by atoms with van der Waals surface area (Å²) in [7, 11) is 0. The maximum atomic E-state index is 12.6. The molecule has 1 atom stereocenters. The molecule has 3 rings (SSSR count). The van der Waals surface area contributed by atoms with Crippen LogP contribution in [0, 0.1) is 11.3 Å². The minimum atomic E-state index is -4.41. The third kappa shape index (κ3) is 3.94. The van der Waals surface area contributed by atoms with Gasteiger partial charge in [-0.2, -0.15) is 18.4 Å². The Morgan fingerprint density at radius 3 is 2.77 bits per heavy atom. The van der Waals surface area contributed by atoms with Gasteiger partial charge in [-0.25, -0.2) is 4.98 Å². The lowest BCUT2D eigenvalue weighted by Crippen LogP contribution is -2.37. The van der Waals surface area contributed by atoms with Crippen molar-refractivity contribution in [2.45, 2.75) is 18.6 Å². The SMILES string of the molecule is N#Cc1cccc(C(=O)NC2CCN(c3ccc(C(F)(F)F)cn3)C2)c1. The lowest BCUT2D eigenvalue weighted by molar-refractivity contribution is -0.137. The fourth-order valence-corrected chi connectivity index (χ4v) is 2.83. The van der Waals surface area contributed by atoms with Crippen molar-refractivity contribution < 1.29 is 18.0 Å². The molecule has 1 aliphatic rings. The van der Waals surface area contributed by atoms with Crippen LogP contribution in [0.15, 0.2) is 42.6 Å². The number of amides is 1. The van der Waals surface area contributed by atoms with E-state index in [1.165, 1.54) is 12.1 Å². The van der Waals surface area contributed by atoms with Gasteiger partial charge in [-0.05, 0) is 36.8 Å². The molecule has 0 bridgehead atoms. The van der Waals surface area contributed by atoms with Crippen molar-refractivity contribution >= 4 is 11.7 Å². The standard InChI is InChI=1S/C18H15F3N4O/c19-18(20,21)14-4-5-16(23-10-14)25-7-6-15(11-25)24-17(26)13-3-1-2-12(8-13)9-22/h1-5,8,10,15H,6-7,11H2,(H,24,26). The molecule has 1 unspecified atom stereocenters. The number of hydrogen-bond donors (Lipinski definition) is 1. The molecule has 5 nitrogen and oxygen atoms in total. The van der Waals surface area contributed by atoms with Crippen LogP contribution in [-0.2, 0) is 6.18 Å². The van der Waals surface area contributed by atoms with E-state index in [1.54, 1.807) is 18.2 Å². The number of rotatable bonds is 3. The summed E-state index contributed by atoms with van der Waals surface area (Å²) < 4.78 is 37.8. The number of nitriles is 1. The molecule has 0 radical (unpaired) electrons. The number of benzene rings is 1. The summed E-state index contributed by atoms with van der Waals surface area (Å²) in [6, 6.07) is 10.6. The van der Waals surface area contributed by atoms with Crippen LogP contribution < -0.4 is 10.2 Å². The average molecular weight is 360 g/mol. The number of carbonyl (C=O) groups is 1. The normalized spacial score (nSPS) is 17.0. The lowest BCUT2D eigenvalue weighted by atomic mass is 10.1. The molecule has 0 aliphatic carbocycles. The minimum Gasteiger partial charge on any atom is -0.354 e. The second-order valence-electron chi connectivity index (χ2n) is 6.00. The van der Waals surface area contributed by atoms with E-state index in [-0.39, 0.29) is 11.9 Å². The molecule has 1 saturated heterocycles. The zero-order valence-corrected chi connectivity index (χ0v) is 13.6. The van der Waals surface area contributed by atoms with E-state index in [9.17, 15) is 18.0 Å². The lowest BCUT2D eigenvalue weighted by Gasteiger charge is -2.18. The number of nitrogens with one attached hydrogen (secondary N) is 1. The van der Waals surface area contributed by atoms with Crippen LogP contribution in [0.2, 0.25) is 0 Å². The van der Waals surface area contributed by atoms with Crippen LogP contribution in [0.1, 0.15) is 27.9 Å². The molecule has 8 heteroatoms. The van der Waals surface area contributed by atoms with Crippen molar-refractivity contribution in [3.63, 3.8) is 0 Å². The number of hydrogen-bond acceptors (Lipinski definition) is 4. The Balaban J connectivity index is 1.62. The third-order valence-corrected chi connectivity index (χ3v) is 4.18. The summed E-state index contributed by atoms with van der Waals surface area (Å²) in [5.74, 6) is 0.163. The van der Waals surface area contributed by atoms with E-state index < -0.39 is 11.7 Å². The zero-order valence-electron chi connectivity index (χ0n) is 13.6. The Kier molecular flexibility index (Phi) is 4.80. The monoisotopic (exact) mass is 360 g/mol. The van der Waals surface area contributed by atoms with Gasteiger partial charge < -0.3 is 10.2 Å². The molecule has 134 valence electrons. The Hall–Kier alpha value is -3.08. The van der Waals surface area contributed by atoms with Gasteiger partial charge in [0.1, 0.15) is 5.82 Å². The van der Waals surface area contributed by atoms with E-state index in [2.05, 4.69) is 10.3 Å². The molecule has 0 spiro atoms. The number of carbonyl (C=O) groups excluding carboxylic acids is 1. The molecule has 2 heterocycles. The van der Waals surface area contributed by atoms with Crippen LogP contribution in [0.4, 0.5) is 19.0 Å². The van der Waals surface area contributed by atoms with Gasteiger partial charge in [0.25, 0.3) is 5.91 Å². The van der Waals surface area contributed by atoms with Gasteiger partial charge in [0, 0.05) is 30.9 Å². The third-order valence-electron chi connectivity index (χ3n) is 4.18. The first-order chi connectivity index (χ1) is 12.4. The van der Waals surface area contributed by atoms with Crippen LogP contribution in [0.25, 0.3) is 0 Å². The maximum Gasteiger partial charge on any atom is 0.417 e.